The molecule has 122 valence electrons. The lowest BCUT2D eigenvalue weighted by Crippen LogP contribution is -2.58. The zero-order chi connectivity index (χ0) is 16.0. The molecule has 7 nitrogen and oxygen atoms in total. The first kappa shape index (κ1) is 17.6. The van der Waals surface area contributed by atoms with Gasteiger partial charge >= 0.3 is 6.03 Å². The first-order valence-electron chi connectivity index (χ1n) is 7.57. The summed E-state index contributed by atoms with van der Waals surface area (Å²) in [5.74, 6) is 0.254. The average Bonchev–Trinajstić information content (AvgIpc) is 2.42. The summed E-state index contributed by atoms with van der Waals surface area (Å²) in [6.07, 6.45) is 1.82. The van der Waals surface area contributed by atoms with Crippen LogP contribution in [0.5, 0.6) is 0 Å². The lowest BCUT2D eigenvalue weighted by atomic mass is 10.1. The maximum Gasteiger partial charge on any atom is 0.317 e. The topological polar surface area (TPSA) is 94.2 Å². The van der Waals surface area contributed by atoms with Crippen LogP contribution in [0.15, 0.2) is 5.16 Å². The molecule has 0 aromatic carbocycles. The molecule has 21 heavy (non-hydrogen) atoms. The van der Waals surface area contributed by atoms with Gasteiger partial charge in [-0.3, -0.25) is 4.90 Å². The second kappa shape index (κ2) is 7.49. The zero-order valence-electron chi connectivity index (χ0n) is 13.6. The molecule has 0 radical (unpaired) electrons. The number of oxime groups is 1. The molecular formula is C14H29N5O2. The van der Waals surface area contributed by atoms with Gasteiger partial charge in [0.15, 0.2) is 5.84 Å². The molecule has 2 amide bonds. The number of amidine groups is 1. The van der Waals surface area contributed by atoms with Gasteiger partial charge in [-0.2, -0.15) is 0 Å². The standard InChI is InChI=1S/C14H29N5O2/c1-5-6-11(12(15)17-21)18-7-9-19(10-8-18)13(20)16-14(2,3)4/h11,21H,5-10H2,1-4H3,(H2,15,17)(H,16,20). The Bertz CT molecular complexity index is 370. The van der Waals surface area contributed by atoms with Crippen molar-refractivity contribution >= 4 is 11.9 Å². The quantitative estimate of drug-likeness (QED) is 0.313. The van der Waals surface area contributed by atoms with Gasteiger partial charge in [-0.15, -0.1) is 0 Å². The van der Waals surface area contributed by atoms with Crippen LogP contribution in [0.4, 0.5) is 4.79 Å². The minimum atomic E-state index is -0.229. The fourth-order valence-electron chi connectivity index (χ4n) is 2.49. The van der Waals surface area contributed by atoms with Crippen molar-refractivity contribution in [1.29, 1.82) is 0 Å². The van der Waals surface area contributed by atoms with Crippen LogP contribution in [0.2, 0.25) is 0 Å². The number of hydrogen-bond donors (Lipinski definition) is 3. The van der Waals surface area contributed by atoms with Gasteiger partial charge in [0.2, 0.25) is 0 Å². The van der Waals surface area contributed by atoms with E-state index in [2.05, 4.69) is 22.3 Å². The predicted octanol–water partition coefficient (Wildman–Crippen LogP) is 1.03. The average molecular weight is 299 g/mol. The number of carbonyl (C=O) groups excluding carboxylic acids is 1. The second-order valence-electron chi connectivity index (χ2n) is 6.53. The highest BCUT2D eigenvalue weighted by Gasteiger charge is 2.29. The number of hydrogen-bond acceptors (Lipinski definition) is 4. The maximum absolute atomic E-state index is 12.1. The molecule has 1 atom stereocenters. The van der Waals surface area contributed by atoms with Crippen molar-refractivity contribution < 1.29 is 10.0 Å². The maximum atomic E-state index is 12.1. The highest BCUT2D eigenvalue weighted by atomic mass is 16.4. The fraction of sp³-hybridized carbons (Fsp3) is 0.857. The lowest BCUT2D eigenvalue weighted by molar-refractivity contribution is 0.119. The predicted molar refractivity (Wildman–Crippen MR) is 83.5 cm³/mol. The Morgan fingerprint density at radius 1 is 1.33 bits per heavy atom. The van der Waals surface area contributed by atoms with Crippen molar-refractivity contribution in [2.24, 2.45) is 10.9 Å². The molecule has 1 aliphatic rings. The van der Waals surface area contributed by atoms with E-state index >= 15 is 0 Å². The van der Waals surface area contributed by atoms with Crippen LogP contribution >= 0.6 is 0 Å². The Morgan fingerprint density at radius 3 is 2.33 bits per heavy atom. The van der Waals surface area contributed by atoms with Gasteiger partial charge in [0.25, 0.3) is 0 Å². The Hall–Kier alpha value is -1.50. The first-order valence-corrected chi connectivity index (χ1v) is 7.57. The summed E-state index contributed by atoms with van der Waals surface area (Å²) >= 11 is 0. The van der Waals surface area contributed by atoms with E-state index in [9.17, 15) is 4.79 Å². The molecule has 1 rings (SSSR count). The van der Waals surface area contributed by atoms with Gasteiger partial charge in [-0.25, -0.2) is 4.79 Å². The molecule has 1 unspecified atom stereocenters. The van der Waals surface area contributed by atoms with Crippen LogP contribution in [0.3, 0.4) is 0 Å². The summed E-state index contributed by atoms with van der Waals surface area (Å²) in [4.78, 5) is 16.1. The third kappa shape index (κ3) is 5.41. The molecule has 0 bridgehead atoms. The first-order chi connectivity index (χ1) is 9.78. The Kier molecular flexibility index (Phi) is 6.26. The van der Waals surface area contributed by atoms with Crippen LogP contribution in [0.25, 0.3) is 0 Å². The normalized spacial score (nSPS) is 19.4. The molecule has 0 saturated carbocycles. The lowest BCUT2D eigenvalue weighted by Gasteiger charge is -2.39. The molecule has 0 aliphatic carbocycles. The van der Waals surface area contributed by atoms with Crippen molar-refractivity contribution in [3.05, 3.63) is 0 Å². The Labute approximate surface area is 127 Å². The summed E-state index contributed by atoms with van der Waals surface area (Å²) < 4.78 is 0. The summed E-state index contributed by atoms with van der Waals surface area (Å²) in [6.45, 7) is 10.8. The fourth-order valence-corrected chi connectivity index (χ4v) is 2.49. The van der Waals surface area contributed by atoms with Crippen LogP contribution in [0, 0.1) is 0 Å². The second-order valence-corrected chi connectivity index (χ2v) is 6.53. The van der Waals surface area contributed by atoms with Crippen molar-refractivity contribution in [2.75, 3.05) is 26.2 Å². The summed E-state index contributed by atoms with van der Waals surface area (Å²) in [6, 6.07) is -0.0779. The Balaban J connectivity index is 2.56. The summed E-state index contributed by atoms with van der Waals surface area (Å²) in [5.41, 5.74) is 5.55. The van der Waals surface area contributed by atoms with Gasteiger partial charge in [0.1, 0.15) is 0 Å². The molecule has 0 aromatic rings. The van der Waals surface area contributed by atoms with E-state index in [-0.39, 0.29) is 23.4 Å². The van der Waals surface area contributed by atoms with Crippen molar-refractivity contribution in [3.63, 3.8) is 0 Å². The third-order valence-electron chi connectivity index (χ3n) is 3.54. The summed E-state index contributed by atoms with van der Waals surface area (Å²) in [5, 5.41) is 15.0. The molecule has 7 heteroatoms. The molecule has 0 aromatic heterocycles. The number of nitrogens with one attached hydrogen (secondary N) is 1. The van der Waals surface area contributed by atoms with Gasteiger partial charge in [-0.1, -0.05) is 18.5 Å². The molecule has 0 spiro atoms. The molecule has 1 aliphatic heterocycles. The van der Waals surface area contributed by atoms with Crippen molar-refractivity contribution in [1.82, 2.24) is 15.1 Å². The van der Waals surface area contributed by atoms with E-state index in [1.807, 2.05) is 25.7 Å². The van der Waals surface area contributed by atoms with Crippen LogP contribution in [-0.4, -0.2) is 64.6 Å². The van der Waals surface area contributed by atoms with E-state index in [1.54, 1.807) is 0 Å². The number of nitrogens with two attached hydrogens (primary N) is 1. The highest BCUT2D eigenvalue weighted by Crippen LogP contribution is 2.12. The Morgan fingerprint density at radius 2 is 1.90 bits per heavy atom. The number of nitrogens with zero attached hydrogens (tertiary/aromatic N) is 3. The number of rotatable bonds is 4. The van der Waals surface area contributed by atoms with E-state index in [1.165, 1.54) is 0 Å². The molecular weight excluding hydrogens is 270 g/mol. The minimum Gasteiger partial charge on any atom is -0.409 e. The van der Waals surface area contributed by atoms with Crippen LogP contribution in [0.1, 0.15) is 40.5 Å². The van der Waals surface area contributed by atoms with Gasteiger partial charge in [0, 0.05) is 31.7 Å². The van der Waals surface area contributed by atoms with Gasteiger partial charge < -0.3 is 21.2 Å². The van der Waals surface area contributed by atoms with Crippen LogP contribution in [-0.2, 0) is 0 Å². The van der Waals surface area contributed by atoms with E-state index in [0.717, 1.165) is 25.9 Å². The number of piperazine rings is 1. The molecule has 1 heterocycles. The number of urea groups is 1. The SMILES string of the molecule is CCCC(C(N)=NO)N1CCN(C(=O)NC(C)(C)C)CC1. The van der Waals surface area contributed by atoms with Crippen LogP contribution < -0.4 is 11.1 Å². The minimum absolute atomic E-state index is 0.0296. The largest absolute Gasteiger partial charge is 0.409 e. The van der Waals surface area contributed by atoms with Gasteiger partial charge in [-0.05, 0) is 27.2 Å². The van der Waals surface area contributed by atoms with E-state index < -0.39 is 0 Å². The third-order valence-corrected chi connectivity index (χ3v) is 3.54. The highest BCUT2D eigenvalue weighted by molar-refractivity contribution is 5.85. The smallest absolute Gasteiger partial charge is 0.317 e. The van der Waals surface area contributed by atoms with Crippen molar-refractivity contribution in [3.8, 4) is 0 Å². The monoisotopic (exact) mass is 299 g/mol. The van der Waals surface area contributed by atoms with E-state index in [4.69, 9.17) is 10.9 Å². The molecule has 1 fully saturated rings. The van der Waals surface area contributed by atoms with E-state index in [0.29, 0.717) is 13.1 Å². The van der Waals surface area contributed by atoms with Gasteiger partial charge in [0.05, 0.1) is 6.04 Å². The van der Waals surface area contributed by atoms with Crippen molar-refractivity contribution in [2.45, 2.75) is 52.1 Å². The molecule has 1 saturated heterocycles. The molecule has 4 N–H and O–H groups in total. The number of carbonyl (C=O) groups is 1. The summed E-state index contributed by atoms with van der Waals surface area (Å²) in [7, 11) is 0. The zero-order valence-corrected chi connectivity index (χ0v) is 13.6. The number of amides is 2.